The summed E-state index contributed by atoms with van der Waals surface area (Å²) in [6, 6.07) is 0.145. The van der Waals surface area contributed by atoms with Crippen molar-refractivity contribution in [3.05, 3.63) is 0 Å². The van der Waals surface area contributed by atoms with Crippen molar-refractivity contribution in [3.63, 3.8) is 0 Å². The number of hydrogen-bond donors (Lipinski definition) is 2. The minimum Gasteiger partial charge on any atom is -0.442 e. The van der Waals surface area contributed by atoms with Gasteiger partial charge in [-0.15, -0.1) is 0 Å². The van der Waals surface area contributed by atoms with E-state index in [0.29, 0.717) is 0 Å². The van der Waals surface area contributed by atoms with Crippen LogP contribution in [0.15, 0.2) is 0 Å². The van der Waals surface area contributed by atoms with Crippen molar-refractivity contribution >= 4 is 12.1 Å². The van der Waals surface area contributed by atoms with Crippen LogP contribution in [0.1, 0.15) is 12.8 Å². The molecule has 0 unspecified atom stereocenters. The molecule has 7 nitrogen and oxygen atoms in total. The molecule has 130 valence electrons. The maximum atomic E-state index is 12.9. The predicted octanol–water partition coefficient (Wildman–Crippen LogP) is 0.515. The summed E-state index contributed by atoms with van der Waals surface area (Å²) >= 11 is 0. The van der Waals surface area contributed by atoms with Gasteiger partial charge in [0, 0.05) is 26.2 Å². The monoisotopic (exact) mass is 336 g/mol. The number of halogens is 3. The Kier molecular flexibility index (Phi) is 3.81. The van der Waals surface area contributed by atoms with Crippen molar-refractivity contribution in [1.82, 2.24) is 20.4 Å². The molecule has 1 aliphatic carbocycles. The Morgan fingerprint density at radius 2 is 1.91 bits per heavy atom. The van der Waals surface area contributed by atoms with Crippen molar-refractivity contribution in [2.24, 2.45) is 0 Å². The van der Waals surface area contributed by atoms with Crippen molar-refractivity contribution < 1.29 is 27.5 Å². The van der Waals surface area contributed by atoms with Gasteiger partial charge in [0.15, 0.2) is 5.54 Å². The van der Waals surface area contributed by atoms with E-state index in [0.717, 1.165) is 12.8 Å². The maximum absolute atomic E-state index is 12.9. The molecule has 1 saturated carbocycles. The van der Waals surface area contributed by atoms with E-state index >= 15 is 0 Å². The molecule has 3 fully saturated rings. The maximum Gasteiger partial charge on any atom is 0.414 e. The fourth-order valence-corrected chi connectivity index (χ4v) is 2.62. The quantitative estimate of drug-likeness (QED) is 0.788. The van der Waals surface area contributed by atoms with E-state index in [9.17, 15) is 22.8 Å². The van der Waals surface area contributed by atoms with Crippen molar-refractivity contribution in [2.75, 3.05) is 33.2 Å². The Morgan fingerprint density at radius 1 is 1.30 bits per heavy atom. The SMILES string of the molecule is CN(C(=O)N1CC(OC(=O)NC2(C(F)(F)F)CNC2)C1)C1CC1. The summed E-state index contributed by atoms with van der Waals surface area (Å²) < 4.78 is 43.7. The lowest BCUT2D eigenvalue weighted by molar-refractivity contribution is -0.207. The van der Waals surface area contributed by atoms with Gasteiger partial charge in [0.1, 0.15) is 6.10 Å². The lowest BCUT2D eigenvalue weighted by atomic mass is 9.92. The Morgan fingerprint density at radius 3 is 2.35 bits per heavy atom. The van der Waals surface area contributed by atoms with Gasteiger partial charge in [-0.05, 0) is 12.8 Å². The molecule has 3 amide bonds. The van der Waals surface area contributed by atoms with E-state index in [1.807, 2.05) is 5.32 Å². The Balaban J connectivity index is 1.43. The van der Waals surface area contributed by atoms with Crippen LogP contribution in [0.5, 0.6) is 0 Å². The highest BCUT2D eigenvalue weighted by Crippen LogP contribution is 2.33. The molecule has 2 saturated heterocycles. The number of ether oxygens (including phenoxy) is 1. The first-order chi connectivity index (χ1) is 10.7. The van der Waals surface area contributed by atoms with Gasteiger partial charge in [0.2, 0.25) is 0 Å². The fourth-order valence-electron chi connectivity index (χ4n) is 2.62. The van der Waals surface area contributed by atoms with E-state index in [4.69, 9.17) is 4.74 Å². The molecule has 0 atom stereocenters. The lowest BCUT2D eigenvalue weighted by Crippen LogP contribution is -2.76. The highest BCUT2D eigenvalue weighted by atomic mass is 19.4. The summed E-state index contributed by atoms with van der Waals surface area (Å²) in [5, 5.41) is 4.40. The fraction of sp³-hybridized carbons (Fsp3) is 0.846. The number of nitrogens with one attached hydrogen (secondary N) is 2. The Bertz CT molecular complexity index is 499. The van der Waals surface area contributed by atoms with E-state index < -0.39 is 23.9 Å². The molecule has 23 heavy (non-hydrogen) atoms. The number of urea groups is 1. The van der Waals surface area contributed by atoms with Crippen molar-refractivity contribution in [3.8, 4) is 0 Å². The average Bonchev–Trinajstić information content (AvgIpc) is 3.18. The first-order valence-corrected chi connectivity index (χ1v) is 7.50. The van der Waals surface area contributed by atoms with Crippen LogP contribution in [0.3, 0.4) is 0 Å². The number of alkyl carbamates (subject to hydrolysis) is 1. The van der Waals surface area contributed by atoms with Crippen LogP contribution in [0.4, 0.5) is 22.8 Å². The topological polar surface area (TPSA) is 73.9 Å². The summed E-state index contributed by atoms with van der Waals surface area (Å²) in [5.74, 6) is 0. The van der Waals surface area contributed by atoms with Gasteiger partial charge >= 0.3 is 18.3 Å². The number of rotatable bonds is 3. The van der Waals surface area contributed by atoms with Crippen LogP contribution >= 0.6 is 0 Å². The third-order valence-electron chi connectivity index (χ3n) is 4.53. The summed E-state index contributed by atoms with van der Waals surface area (Å²) in [4.78, 5) is 26.8. The standard InChI is InChI=1S/C13H19F3N4O3/c1-19(8-2-3-8)11(22)20-4-9(5-20)23-10(21)18-12(6-17-7-12)13(14,15)16/h8-9,17H,2-7H2,1H3,(H,18,21). The van der Waals surface area contributed by atoms with Crippen LogP contribution in [0.2, 0.25) is 0 Å². The molecule has 0 spiro atoms. The summed E-state index contributed by atoms with van der Waals surface area (Å²) in [6.45, 7) is -0.318. The van der Waals surface area contributed by atoms with Gasteiger partial charge in [0.05, 0.1) is 13.1 Å². The van der Waals surface area contributed by atoms with Gasteiger partial charge in [-0.25, -0.2) is 9.59 Å². The minimum absolute atomic E-state index is 0.136. The number of hydrogen-bond acceptors (Lipinski definition) is 4. The van der Waals surface area contributed by atoms with E-state index in [1.165, 1.54) is 4.90 Å². The number of carbonyl (C=O) groups is 2. The van der Waals surface area contributed by atoms with Crippen LogP contribution < -0.4 is 10.6 Å². The van der Waals surface area contributed by atoms with Crippen molar-refractivity contribution in [2.45, 2.75) is 36.7 Å². The second-order valence-corrected chi connectivity index (χ2v) is 6.37. The number of nitrogens with zero attached hydrogens (tertiary/aromatic N) is 2. The molecular weight excluding hydrogens is 317 g/mol. The van der Waals surface area contributed by atoms with Crippen LogP contribution in [-0.2, 0) is 4.74 Å². The molecule has 2 aliphatic heterocycles. The molecule has 0 radical (unpaired) electrons. The Labute approximate surface area is 131 Å². The van der Waals surface area contributed by atoms with E-state index in [-0.39, 0.29) is 38.3 Å². The first kappa shape index (κ1) is 16.2. The molecule has 0 aromatic carbocycles. The number of alkyl halides is 3. The molecule has 0 aromatic rings. The average molecular weight is 336 g/mol. The normalized spacial score (nSPS) is 23.6. The van der Waals surface area contributed by atoms with Gasteiger partial charge in [-0.1, -0.05) is 0 Å². The van der Waals surface area contributed by atoms with Crippen molar-refractivity contribution in [1.29, 1.82) is 0 Å². The third kappa shape index (κ3) is 3.04. The third-order valence-corrected chi connectivity index (χ3v) is 4.53. The second-order valence-electron chi connectivity index (χ2n) is 6.37. The van der Waals surface area contributed by atoms with Gasteiger partial charge in [0.25, 0.3) is 0 Å². The van der Waals surface area contributed by atoms with Gasteiger partial charge in [-0.2, -0.15) is 13.2 Å². The van der Waals surface area contributed by atoms with E-state index in [1.54, 1.807) is 11.9 Å². The second kappa shape index (κ2) is 5.43. The highest BCUT2D eigenvalue weighted by Gasteiger charge is 2.60. The van der Waals surface area contributed by atoms with Crippen LogP contribution in [0, 0.1) is 0 Å². The molecule has 2 N–H and O–H groups in total. The molecule has 2 heterocycles. The number of likely N-dealkylation sites (tertiary alicyclic amines) is 1. The lowest BCUT2D eigenvalue weighted by Gasteiger charge is -2.45. The molecule has 0 aromatic heterocycles. The zero-order chi connectivity index (χ0) is 16.8. The van der Waals surface area contributed by atoms with Gasteiger partial charge < -0.3 is 25.2 Å². The molecule has 3 rings (SSSR count). The molecule has 0 bridgehead atoms. The van der Waals surface area contributed by atoms with Crippen LogP contribution in [-0.4, -0.2) is 79.0 Å². The zero-order valence-electron chi connectivity index (χ0n) is 12.7. The molecule has 10 heteroatoms. The summed E-state index contributed by atoms with van der Waals surface area (Å²) in [5.41, 5.74) is -2.25. The Hall–Kier alpha value is -1.71. The summed E-state index contributed by atoms with van der Waals surface area (Å²) in [7, 11) is 1.72. The molecular formula is C13H19F3N4O3. The van der Waals surface area contributed by atoms with Crippen LogP contribution in [0.25, 0.3) is 0 Å². The minimum atomic E-state index is -4.54. The smallest absolute Gasteiger partial charge is 0.414 e. The summed E-state index contributed by atoms with van der Waals surface area (Å²) in [6.07, 6.45) is -4.22. The number of carbonyl (C=O) groups excluding carboxylic acids is 2. The zero-order valence-corrected chi connectivity index (χ0v) is 12.7. The largest absolute Gasteiger partial charge is 0.442 e. The van der Waals surface area contributed by atoms with Gasteiger partial charge in [-0.3, -0.25) is 0 Å². The first-order valence-electron chi connectivity index (χ1n) is 7.50. The predicted molar refractivity (Wildman–Crippen MR) is 72.8 cm³/mol. The number of amides is 3. The van der Waals surface area contributed by atoms with E-state index in [2.05, 4.69) is 5.32 Å². The highest BCUT2D eigenvalue weighted by molar-refractivity contribution is 5.76. The molecule has 3 aliphatic rings.